The lowest BCUT2D eigenvalue weighted by Gasteiger charge is -2.33. The monoisotopic (exact) mass is 399 g/mol. The molecular weight excluding hydrogens is 370 g/mol. The molecule has 0 bridgehead atoms. The highest BCUT2D eigenvalue weighted by molar-refractivity contribution is 5.94. The fourth-order valence-corrected chi connectivity index (χ4v) is 4.21. The van der Waals surface area contributed by atoms with Crippen LogP contribution in [-0.4, -0.2) is 35.9 Å². The van der Waals surface area contributed by atoms with Crippen molar-refractivity contribution in [2.45, 2.75) is 25.8 Å². The van der Waals surface area contributed by atoms with Crippen LogP contribution in [0.1, 0.15) is 34.3 Å². The number of amides is 1. The molecule has 4 rings (SSSR count). The number of rotatable bonds is 6. The quantitative estimate of drug-likeness (QED) is 0.597. The third-order valence-corrected chi connectivity index (χ3v) is 5.93. The highest BCUT2D eigenvalue weighted by atomic mass is 16.2. The Morgan fingerprint density at radius 3 is 2.27 bits per heavy atom. The van der Waals surface area contributed by atoms with Crippen molar-refractivity contribution in [3.63, 3.8) is 0 Å². The van der Waals surface area contributed by atoms with E-state index in [1.165, 1.54) is 18.4 Å². The first-order valence-corrected chi connectivity index (χ1v) is 10.7. The Balaban J connectivity index is 1.36. The maximum Gasteiger partial charge on any atom is 0.255 e. The van der Waals surface area contributed by atoms with Gasteiger partial charge in [-0.3, -0.25) is 9.78 Å². The van der Waals surface area contributed by atoms with Crippen LogP contribution in [0.3, 0.4) is 0 Å². The molecule has 1 aliphatic heterocycles. The van der Waals surface area contributed by atoms with Gasteiger partial charge in [0.2, 0.25) is 0 Å². The Labute approximate surface area is 179 Å². The zero-order valence-electron chi connectivity index (χ0n) is 17.6. The van der Waals surface area contributed by atoms with Crippen LogP contribution in [0.5, 0.6) is 0 Å². The number of anilines is 1. The van der Waals surface area contributed by atoms with Gasteiger partial charge in [-0.15, -0.1) is 0 Å². The Bertz CT molecular complexity index is 950. The van der Waals surface area contributed by atoms with Crippen LogP contribution >= 0.6 is 0 Å². The number of hydrogen-bond donors (Lipinski definition) is 0. The molecule has 2 aromatic carbocycles. The molecule has 1 fully saturated rings. The third-order valence-electron chi connectivity index (χ3n) is 5.93. The Hall–Kier alpha value is -3.14. The Morgan fingerprint density at radius 2 is 1.60 bits per heavy atom. The number of carbonyl (C=O) groups excluding carboxylic acids is 1. The zero-order chi connectivity index (χ0) is 20.8. The molecule has 2 heterocycles. The lowest BCUT2D eigenvalue weighted by atomic mass is 9.90. The molecule has 0 N–H and O–H groups in total. The molecule has 1 aliphatic rings. The van der Waals surface area contributed by atoms with Gasteiger partial charge in [0.15, 0.2) is 0 Å². The van der Waals surface area contributed by atoms with Crippen molar-refractivity contribution in [1.29, 1.82) is 0 Å². The van der Waals surface area contributed by atoms with Crippen LogP contribution in [0.25, 0.3) is 0 Å². The standard InChI is InChI=1S/C26H29N3O/c1-28(20-23-10-6-3-7-11-23)26(30)24-17-25(19-27-18-24)29-14-12-22(13-15-29)16-21-8-4-2-5-9-21/h2-11,17-19,22H,12-16,20H2,1H3. The van der Waals surface area contributed by atoms with Crippen LogP contribution in [0.4, 0.5) is 5.69 Å². The molecule has 0 atom stereocenters. The molecule has 154 valence electrons. The number of carbonyl (C=O) groups is 1. The van der Waals surface area contributed by atoms with Crippen molar-refractivity contribution >= 4 is 11.6 Å². The van der Waals surface area contributed by atoms with Gasteiger partial charge in [-0.1, -0.05) is 60.7 Å². The first-order valence-electron chi connectivity index (χ1n) is 10.7. The third kappa shape index (κ3) is 5.07. The lowest BCUT2D eigenvalue weighted by molar-refractivity contribution is 0.0784. The van der Waals surface area contributed by atoms with Gasteiger partial charge in [0.05, 0.1) is 17.4 Å². The summed E-state index contributed by atoms with van der Waals surface area (Å²) in [6, 6.07) is 22.8. The maximum atomic E-state index is 12.9. The minimum atomic E-state index is 0.00664. The summed E-state index contributed by atoms with van der Waals surface area (Å²) in [5.41, 5.74) is 4.24. The summed E-state index contributed by atoms with van der Waals surface area (Å²) in [4.78, 5) is 21.4. The van der Waals surface area contributed by atoms with E-state index in [-0.39, 0.29) is 5.91 Å². The van der Waals surface area contributed by atoms with Gasteiger partial charge in [0.1, 0.15) is 0 Å². The fraction of sp³-hybridized carbons (Fsp3) is 0.308. The van der Waals surface area contributed by atoms with E-state index in [0.29, 0.717) is 12.1 Å². The first-order chi connectivity index (χ1) is 14.7. The number of hydrogen-bond acceptors (Lipinski definition) is 3. The SMILES string of the molecule is CN(Cc1ccccc1)C(=O)c1cncc(N2CCC(Cc3ccccc3)CC2)c1. The van der Waals surface area contributed by atoms with Gasteiger partial charge in [0.25, 0.3) is 5.91 Å². The molecule has 4 heteroatoms. The van der Waals surface area contributed by atoms with Gasteiger partial charge >= 0.3 is 0 Å². The minimum Gasteiger partial charge on any atom is -0.370 e. The average molecular weight is 400 g/mol. The van der Waals surface area contributed by atoms with Crippen molar-refractivity contribution in [1.82, 2.24) is 9.88 Å². The predicted octanol–water partition coefficient (Wildman–Crippen LogP) is 4.81. The summed E-state index contributed by atoms with van der Waals surface area (Å²) in [5.74, 6) is 0.727. The summed E-state index contributed by atoms with van der Waals surface area (Å²) in [6.07, 6.45) is 7.04. The number of piperidine rings is 1. The highest BCUT2D eigenvalue weighted by Crippen LogP contribution is 2.26. The highest BCUT2D eigenvalue weighted by Gasteiger charge is 2.21. The second-order valence-corrected chi connectivity index (χ2v) is 8.20. The fourth-order valence-electron chi connectivity index (χ4n) is 4.21. The first kappa shape index (κ1) is 20.1. The van der Waals surface area contributed by atoms with Crippen molar-refractivity contribution in [3.8, 4) is 0 Å². The van der Waals surface area contributed by atoms with E-state index in [2.05, 4.69) is 40.2 Å². The van der Waals surface area contributed by atoms with E-state index < -0.39 is 0 Å². The van der Waals surface area contributed by atoms with Crippen LogP contribution in [-0.2, 0) is 13.0 Å². The van der Waals surface area contributed by atoms with Crippen molar-refractivity contribution in [2.24, 2.45) is 5.92 Å². The number of pyridine rings is 1. The van der Waals surface area contributed by atoms with E-state index in [9.17, 15) is 4.79 Å². The van der Waals surface area contributed by atoms with E-state index in [0.717, 1.165) is 36.7 Å². The summed E-state index contributed by atoms with van der Waals surface area (Å²) in [7, 11) is 1.84. The second-order valence-electron chi connectivity index (χ2n) is 8.20. The topological polar surface area (TPSA) is 36.4 Å². The maximum absolute atomic E-state index is 12.9. The molecule has 0 radical (unpaired) electrons. The van der Waals surface area contributed by atoms with Crippen LogP contribution in [0, 0.1) is 5.92 Å². The Kier molecular flexibility index (Phi) is 6.43. The lowest BCUT2D eigenvalue weighted by Crippen LogP contribution is -2.34. The second kappa shape index (κ2) is 9.57. The average Bonchev–Trinajstić information content (AvgIpc) is 2.80. The molecule has 0 spiro atoms. The molecule has 1 amide bonds. The Morgan fingerprint density at radius 1 is 0.967 bits per heavy atom. The van der Waals surface area contributed by atoms with Crippen LogP contribution in [0.2, 0.25) is 0 Å². The molecule has 0 saturated carbocycles. The van der Waals surface area contributed by atoms with Gasteiger partial charge < -0.3 is 9.80 Å². The molecule has 30 heavy (non-hydrogen) atoms. The number of aromatic nitrogens is 1. The largest absolute Gasteiger partial charge is 0.370 e. The molecule has 1 saturated heterocycles. The van der Waals surface area contributed by atoms with Gasteiger partial charge in [-0.05, 0) is 42.4 Å². The zero-order valence-corrected chi connectivity index (χ0v) is 17.6. The van der Waals surface area contributed by atoms with Crippen LogP contribution in [0.15, 0.2) is 79.1 Å². The smallest absolute Gasteiger partial charge is 0.255 e. The van der Waals surface area contributed by atoms with Crippen LogP contribution < -0.4 is 4.90 Å². The normalized spacial score (nSPS) is 14.5. The molecular formula is C26H29N3O. The summed E-state index contributed by atoms with van der Waals surface area (Å²) >= 11 is 0. The van der Waals surface area contributed by atoms with Gasteiger partial charge in [0, 0.05) is 32.9 Å². The van der Waals surface area contributed by atoms with Gasteiger partial charge in [-0.25, -0.2) is 0 Å². The van der Waals surface area contributed by atoms with Crippen molar-refractivity contribution < 1.29 is 4.79 Å². The van der Waals surface area contributed by atoms with Crippen molar-refractivity contribution in [2.75, 3.05) is 25.0 Å². The molecule has 0 unspecified atom stereocenters. The summed E-state index contributed by atoms with van der Waals surface area (Å²) in [6.45, 7) is 2.61. The molecule has 3 aromatic rings. The number of nitrogens with zero attached hydrogens (tertiary/aromatic N) is 3. The molecule has 1 aromatic heterocycles. The summed E-state index contributed by atoms with van der Waals surface area (Å²) < 4.78 is 0. The number of benzene rings is 2. The summed E-state index contributed by atoms with van der Waals surface area (Å²) in [5, 5.41) is 0. The molecule has 4 nitrogen and oxygen atoms in total. The van der Waals surface area contributed by atoms with E-state index in [1.807, 2.05) is 49.6 Å². The predicted molar refractivity (Wildman–Crippen MR) is 122 cm³/mol. The van der Waals surface area contributed by atoms with E-state index in [4.69, 9.17) is 0 Å². The van der Waals surface area contributed by atoms with Crippen molar-refractivity contribution in [3.05, 3.63) is 95.8 Å². The minimum absolute atomic E-state index is 0.00664. The van der Waals surface area contributed by atoms with E-state index in [1.54, 1.807) is 11.1 Å². The van der Waals surface area contributed by atoms with E-state index >= 15 is 0 Å². The molecule has 0 aliphatic carbocycles. The van der Waals surface area contributed by atoms with Gasteiger partial charge in [-0.2, -0.15) is 0 Å².